The first-order chi connectivity index (χ1) is 15.8. The quantitative estimate of drug-likeness (QED) is 0.651. The van der Waals surface area contributed by atoms with Crippen molar-refractivity contribution in [2.24, 2.45) is 0 Å². The molecule has 1 heterocycles. The molecule has 1 aromatic rings. The van der Waals surface area contributed by atoms with Gasteiger partial charge in [0.05, 0.1) is 11.5 Å². The van der Waals surface area contributed by atoms with Crippen molar-refractivity contribution in [2.75, 3.05) is 19.6 Å². The van der Waals surface area contributed by atoms with Crippen LogP contribution in [-0.4, -0.2) is 65.1 Å². The third kappa shape index (κ3) is 6.63. The molecule has 3 rings (SSSR count). The lowest BCUT2D eigenvalue weighted by molar-refractivity contribution is -0.274. The molecule has 1 saturated carbocycles. The number of carbonyl (C=O) groups excluding carboxylic acids is 2. The van der Waals surface area contributed by atoms with Gasteiger partial charge in [0, 0.05) is 19.6 Å². The van der Waals surface area contributed by atoms with Gasteiger partial charge < -0.3 is 19.9 Å². The van der Waals surface area contributed by atoms with E-state index in [2.05, 4.69) is 10.1 Å². The summed E-state index contributed by atoms with van der Waals surface area (Å²) < 4.78 is 47.2. The summed E-state index contributed by atoms with van der Waals surface area (Å²) in [7, 11) is 0. The molecule has 7 nitrogen and oxygen atoms in total. The van der Waals surface area contributed by atoms with Gasteiger partial charge in [-0.05, 0) is 51.3 Å². The maximum Gasteiger partial charge on any atom is 0.573 e. The smallest absolute Gasteiger partial charge is 0.444 e. The Labute approximate surface area is 197 Å². The molecule has 2 fully saturated rings. The van der Waals surface area contributed by atoms with Crippen LogP contribution in [0.3, 0.4) is 0 Å². The molecule has 0 aromatic heterocycles. The van der Waals surface area contributed by atoms with Crippen molar-refractivity contribution in [1.29, 1.82) is 0 Å². The van der Waals surface area contributed by atoms with Crippen molar-refractivity contribution < 1.29 is 37.3 Å². The van der Waals surface area contributed by atoms with Crippen LogP contribution in [0.2, 0.25) is 0 Å². The number of halogens is 3. The maximum absolute atomic E-state index is 13.9. The second-order valence-corrected chi connectivity index (χ2v) is 10.0. The zero-order valence-electron chi connectivity index (χ0n) is 19.8. The Morgan fingerprint density at radius 3 is 2.29 bits per heavy atom. The molecule has 0 radical (unpaired) electrons. The highest BCUT2D eigenvalue weighted by Crippen LogP contribution is 2.42. The first kappa shape index (κ1) is 26.3. The molecule has 2 atom stereocenters. The van der Waals surface area contributed by atoms with Crippen LogP contribution < -0.4 is 10.1 Å². The summed E-state index contributed by atoms with van der Waals surface area (Å²) in [6, 6.07) is 4.15. The number of alkyl halides is 3. The van der Waals surface area contributed by atoms with Gasteiger partial charge in [-0.2, -0.15) is 0 Å². The van der Waals surface area contributed by atoms with Gasteiger partial charge in [-0.3, -0.25) is 9.69 Å². The molecule has 2 aliphatic rings. The van der Waals surface area contributed by atoms with E-state index < -0.39 is 41.4 Å². The highest BCUT2D eigenvalue weighted by Gasteiger charge is 2.47. The van der Waals surface area contributed by atoms with E-state index in [9.17, 15) is 27.9 Å². The second-order valence-electron chi connectivity index (χ2n) is 10.0. The van der Waals surface area contributed by atoms with Crippen molar-refractivity contribution in [3.63, 3.8) is 0 Å². The number of piperazine rings is 1. The predicted molar refractivity (Wildman–Crippen MR) is 119 cm³/mol. The molecule has 2 unspecified atom stereocenters. The van der Waals surface area contributed by atoms with Crippen molar-refractivity contribution in [3.05, 3.63) is 29.8 Å². The van der Waals surface area contributed by atoms with Gasteiger partial charge in [0.15, 0.2) is 5.78 Å². The molecule has 190 valence electrons. The van der Waals surface area contributed by atoms with Crippen LogP contribution >= 0.6 is 0 Å². The van der Waals surface area contributed by atoms with Gasteiger partial charge in [0.25, 0.3) is 0 Å². The summed E-state index contributed by atoms with van der Waals surface area (Å²) >= 11 is 0. The highest BCUT2D eigenvalue weighted by atomic mass is 19.4. The molecule has 1 saturated heterocycles. The fraction of sp³-hybridized carbons (Fsp3) is 0.667. The highest BCUT2D eigenvalue weighted by molar-refractivity contribution is 5.94. The topological polar surface area (TPSA) is 88.1 Å². The Morgan fingerprint density at radius 1 is 1.12 bits per heavy atom. The average Bonchev–Trinajstić information content (AvgIpc) is 2.73. The number of carbonyl (C=O) groups is 2. The van der Waals surface area contributed by atoms with Crippen molar-refractivity contribution in [2.45, 2.75) is 82.4 Å². The van der Waals surface area contributed by atoms with Crippen molar-refractivity contribution in [3.8, 4) is 5.75 Å². The van der Waals surface area contributed by atoms with E-state index in [4.69, 9.17) is 4.74 Å². The van der Waals surface area contributed by atoms with Crippen LogP contribution in [0.4, 0.5) is 18.0 Å². The number of benzene rings is 1. The summed E-state index contributed by atoms with van der Waals surface area (Å²) in [6.07, 6.45) is -2.29. The van der Waals surface area contributed by atoms with Crippen LogP contribution in [0.25, 0.3) is 0 Å². The molecule has 1 amide bonds. The number of hydrogen-bond acceptors (Lipinski definition) is 6. The Morgan fingerprint density at radius 2 is 1.74 bits per heavy atom. The lowest BCUT2D eigenvalue weighted by Gasteiger charge is -2.43. The minimum Gasteiger partial charge on any atom is -0.444 e. The summed E-state index contributed by atoms with van der Waals surface area (Å²) in [5, 5.41) is 14.7. The number of hydrogen-bond donors (Lipinski definition) is 2. The van der Waals surface area contributed by atoms with E-state index in [1.54, 1.807) is 20.8 Å². The average molecular weight is 487 g/mol. The fourth-order valence-corrected chi connectivity index (χ4v) is 4.74. The van der Waals surface area contributed by atoms with Gasteiger partial charge in [-0.25, -0.2) is 4.79 Å². The van der Waals surface area contributed by atoms with E-state index in [0.717, 1.165) is 31.4 Å². The molecule has 34 heavy (non-hydrogen) atoms. The van der Waals surface area contributed by atoms with Gasteiger partial charge >= 0.3 is 12.5 Å². The molecular weight excluding hydrogens is 453 g/mol. The van der Waals surface area contributed by atoms with Crippen LogP contribution in [0.15, 0.2) is 24.3 Å². The van der Waals surface area contributed by atoms with Crippen LogP contribution in [-0.2, 0) is 9.53 Å². The first-order valence-electron chi connectivity index (χ1n) is 11.6. The molecule has 1 aliphatic heterocycles. The molecule has 10 heteroatoms. The van der Waals surface area contributed by atoms with Gasteiger partial charge in [-0.1, -0.05) is 31.4 Å². The number of Topliss-reactive ketones (excluding diaryl/α,β-unsaturated/α-hetero) is 1. The number of nitrogens with one attached hydrogen (secondary N) is 1. The van der Waals surface area contributed by atoms with Crippen molar-refractivity contribution in [1.82, 2.24) is 10.2 Å². The zero-order chi connectivity index (χ0) is 25.1. The lowest BCUT2D eigenvalue weighted by Crippen LogP contribution is -2.60. The van der Waals surface area contributed by atoms with Crippen molar-refractivity contribution >= 4 is 11.9 Å². The van der Waals surface area contributed by atoms with E-state index >= 15 is 0 Å². The van der Waals surface area contributed by atoms with Crippen LogP contribution in [0.1, 0.15) is 64.4 Å². The summed E-state index contributed by atoms with van der Waals surface area (Å²) in [5.74, 6) is -1.79. The predicted octanol–water partition coefficient (Wildman–Crippen LogP) is 4.14. The van der Waals surface area contributed by atoms with Crippen LogP contribution in [0.5, 0.6) is 5.75 Å². The number of ketones is 1. The maximum atomic E-state index is 13.9. The third-order valence-corrected chi connectivity index (χ3v) is 6.19. The molecule has 2 N–H and O–H groups in total. The number of aliphatic hydroxyl groups is 1. The monoisotopic (exact) mass is 486 g/mol. The SMILES string of the molecule is CC(C)(C)OC(=O)N1CCNCC1C(=O)C(c1ccc(OC(F)(F)F)cc1)C1(O)CCCCC1. The lowest BCUT2D eigenvalue weighted by atomic mass is 9.69. The molecule has 1 aliphatic carbocycles. The van der Waals surface area contributed by atoms with Gasteiger partial charge in [0.1, 0.15) is 17.4 Å². The molecule has 1 aromatic carbocycles. The largest absolute Gasteiger partial charge is 0.573 e. The molecule has 0 spiro atoms. The van der Waals surface area contributed by atoms with E-state index in [1.807, 2.05) is 0 Å². The fourth-order valence-electron chi connectivity index (χ4n) is 4.74. The Hall–Kier alpha value is -2.33. The first-order valence-corrected chi connectivity index (χ1v) is 11.6. The van der Waals surface area contributed by atoms with Gasteiger partial charge in [0.2, 0.25) is 0 Å². The zero-order valence-corrected chi connectivity index (χ0v) is 19.8. The number of ether oxygens (including phenoxy) is 2. The van der Waals surface area contributed by atoms with E-state index in [-0.39, 0.29) is 18.9 Å². The summed E-state index contributed by atoms with van der Waals surface area (Å²) in [4.78, 5) is 28.2. The summed E-state index contributed by atoms with van der Waals surface area (Å²) in [5.41, 5.74) is -1.72. The minimum atomic E-state index is -4.83. The van der Waals surface area contributed by atoms with E-state index in [1.165, 1.54) is 17.0 Å². The third-order valence-electron chi connectivity index (χ3n) is 6.19. The van der Waals surface area contributed by atoms with Crippen LogP contribution in [0, 0.1) is 0 Å². The van der Waals surface area contributed by atoms with E-state index in [0.29, 0.717) is 24.9 Å². The molecular formula is C24H33F3N2O5. The summed E-state index contributed by atoms with van der Waals surface area (Å²) in [6.45, 7) is 6.16. The Kier molecular flexibility index (Phi) is 7.82. The normalized spacial score (nSPS) is 22.1. The molecule has 0 bridgehead atoms. The minimum absolute atomic E-state index is 0.194. The number of nitrogens with zero attached hydrogens (tertiary/aromatic N) is 1. The Bertz CT molecular complexity index is 861. The second kappa shape index (κ2) is 10.1. The van der Waals surface area contributed by atoms with Gasteiger partial charge in [-0.15, -0.1) is 13.2 Å². The Balaban J connectivity index is 1.94. The standard InChI is InChI=1S/C24H33F3N2O5/c1-22(2,3)34-21(31)29-14-13-28-15-18(29)20(30)19(23(32)11-5-4-6-12-23)16-7-9-17(10-8-16)33-24(25,26)27/h7-10,18-19,28,32H,4-6,11-15H2,1-3H3. The number of rotatable bonds is 5. The number of amides is 1.